The van der Waals surface area contributed by atoms with E-state index in [9.17, 15) is 9.18 Å². The van der Waals surface area contributed by atoms with Crippen LogP contribution in [0.5, 0.6) is 5.75 Å². The van der Waals surface area contributed by atoms with Gasteiger partial charge in [0.1, 0.15) is 11.6 Å². The van der Waals surface area contributed by atoms with Gasteiger partial charge in [-0.15, -0.1) is 0 Å². The molecule has 1 aromatic heterocycles. The molecule has 0 aliphatic carbocycles. The fraction of sp³-hybridized carbons (Fsp3) is 0.143. The fourth-order valence-corrected chi connectivity index (χ4v) is 2.62. The van der Waals surface area contributed by atoms with Gasteiger partial charge in [0.2, 0.25) is 0 Å². The molecule has 0 saturated heterocycles. The molecule has 4 nitrogen and oxygen atoms in total. The first kappa shape index (κ1) is 17.6. The molecule has 0 aliphatic heterocycles. The number of aryl methyl sites for hydroxylation is 1. The van der Waals surface area contributed by atoms with Crippen LogP contribution in [0.4, 0.5) is 4.39 Å². The second kappa shape index (κ2) is 7.78. The van der Waals surface area contributed by atoms with E-state index in [0.29, 0.717) is 22.6 Å². The Kier molecular flexibility index (Phi) is 5.27. The molecule has 1 atom stereocenters. The van der Waals surface area contributed by atoms with Crippen LogP contribution in [0, 0.1) is 12.7 Å². The molecular formula is C21H18FNO3. The zero-order valence-corrected chi connectivity index (χ0v) is 14.5. The van der Waals surface area contributed by atoms with E-state index in [4.69, 9.17) is 9.47 Å². The van der Waals surface area contributed by atoms with Crippen molar-refractivity contribution >= 4 is 5.97 Å². The van der Waals surface area contributed by atoms with E-state index in [1.54, 1.807) is 61.8 Å². The van der Waals surface area contributed by atoms with Crippen molar-refractivity contribution in [1.29, 1.82) is 0 Å². The SMILES string of the molecule is COc1cc(C(=O)OC(c2cccc(F)c2)c2ccccn2)ccc1C. The van der Waals surface area contributed by atoms with Crippen LogP contribution in [-0.2, 0) is 4.74 Å². The molecule has 5 heteroatoms. The maximum atomic E-state index is 13.7. The number of halogens is 1. The topological polar surface area (TPSA) is 48.4 Å². The number of carbonyl (C=O) groups excluding carboxylic acids is 1. The molecule has 3 rings (SSSR count). The van der Waals surface area contributed by atoms with Crippen LogP contribution in [0.25, 0.3) is 0 Å². The van der Waals surface area contributed by atoms with E-state index in [1.807, 2.05) is 6.92 Å². The van der Waals surface area contributed by atoms with Crippen molar-refractivity contribution in [2.45, 2.75) is 13.0 Å². The van der Waals surface area contributed by atoms with Crippen molar-refractivity contribution in [1.82, 2.24) is 4.98 Å². The molecule has 0 saturated carbocycles. The third-order valence-corrected chi connectivity index (χ3v) is 3.98. The lowest BCUT2D eigenvalue weighted by Gasteiger charge is -2.18. The number of benzene rings is 2. The third-order valence-electron chi connectivity index (χ3n) is 3.98. The number of aromatic nitrogens is 1. The Morgan fingerprint density at radius 2 is 1.92 bits per heavy atom. The summed E-state index contributed by atoms with van der Waals surface area (Å²) in [6, 6.07) is 16.3. The van der Waals surface area contributed by atoms with E-state index in [0.717, 1.165) is 5.56 Å². The van der Waals surface area contributed by atoms with E-state index >= 15 is 0 Å². The highest BCUT2D eigenvalue weighted by molar-refractivity contribution is 5.90. The Bertz CT molecular complexity index is 912. The molecule has 1 heterocycles. The van der Waals surface area contributed by atoms with Gasteiger partial charge in [0, 0.05) is 11.8 Å². The monoisotopic (exact) mass is 351 g/mol. The Morgan fingerprint density at radius 3 is 2.62 bits per heavy atom. The summed E-state index contributed by atoms with van der Waals surface area (Å²) >= 11 is 0. The lowest BCUT2D eigenvalue weighted by Crippen LogP contribution is -2.14. The summed E-state index contributed by atoms with van der Waals surface area (Å²) < 4.78 is 24.6. The largest absolute Gasteiger partial charge is 0.496 e. The van der Waals surface area contributed by atoms with Crippen LogP contribution < -0.4 is 4.74 Å². The molecule has 2 aromatic carbocycles. The highest BCUT2D eigenvalue weighted by Crippen LogP contribution is 2.27. The minimum absolute atomic E-state index is 0.352. The molecule has 0 aliphatic rings. The standard InChI is InChI=1S/C21H18FNO3/c1-14-9-10-16(13-19(14)25-2)21(24)26-20(18-8-3-4-11-23-18)15-6-5-7-17(22)12-15/h3-13,20H,1-2H3. The summed E-state index contributed by atoms with van der Waals surface area (Å²) in [5.41, 5.74) is 2.29. The molecule has 3 aromatic rings. The number of rotatable bonds is 5. The molecule has 26 heavy (non-hydrogen) atoms. The number of methoxy groups -OCH3 is 1. The summed E-state index contributed by atoms with van der Waals surface area (Å²) in [5.74, 6) is -0.348. The summed E-state index contributed by atoms with van der Waals surface area (Å²) in [7, 11) is 1.54. The molecule has 1 unspecified atom stereocenters. The average molecular weight is 351 g/mol. The zero-order chi connectivity index (χ0) is 18.5. The van der Waals surface area contributed by atoms with Crippen molar-refractivity contribution < 1.29 is 18.7 Å². The number of carbonyl (C=O) groups is 1. The van der Waals surface area contributed by atoms with E-state index in [-0.39, 0.29) is 0 Å². The van der Waals surface area contributed by atoms with Gasteiger partial charge in [0.05, 0.1) is 18.4 Å². The first-order valence-corrected chi connectivity index (χ1v) is 8.10. The molecule has 0 amide bonds. The Labute approximate surface area is 151 Å². The van der Waals surface area contributed by atoms with Crippen LogP contribution in [-0.4, -0.2) is 18.1 Å². The van der Waals surface area contributed by atoms with Crippen molar-refractivity contribution in [3.8, 4) is 5.75 Å². The summed E-state index contributed by atoms with van der Waals surface area (Å²) in [5, 5.41) is 0. The average Bonchev–Trinajstić information content (AvgIpc) is 2.67. The van der Waals surface area contributed by atoms with E-state index < -0.39 is 17.9 Å². The van der Waals surface area contributed by atoms with Gasteiger partial charge in [-0.1, -0.05) is 24.3 Å². The van der Waals surface area contributed by atoms with Crippen molar-refractivity contribution in [3.05, 3.63) is 95.1 Å². The van der Waals surface area contributed by atoms with E-state index in [2.05, 4.69) is 4.98 Å². The van der Waals surface area contributed by atoms with Gasteiger partial charge in [-0.05, 0) is 48.9 Å². The summed E-state index contributed by atoms with van der Waals surface area (Å²) in [4.78, 5) is 16.9. The van der Waals surface area contributed by atoms with Gasteiger partial charge in [0.15, 0.2) is 6.10 Å². The first-order chi connectivity index (χ1) is 12.6. The highest BCUT2D eigenvalue weighted by Gasteiger charge is 2.22. The normalized spacial score (nSPS) is 11.7. The fourth-order valence-electron chi connectivity index (χ4n) is 2.62. The van der Waals surface area contributed by atoms with Gasteiger partial charge in [-0.3, -0.25) is 4.98 Å². The lowest BCUT2D eigenvalue weighted by molar-refractivity contribution is 0.0369. The number of esters is 1. The highest BCUT2D eigenvalue weighted by atomic mass is 19.1. The number of ether oxygens (including phenoxy) is 2. The zero-order valence-electron chi connectivity index (χ0n) is 14.5. The predicted octanol–water partition coefficient (Wildman–Crippen LogP) is 4.48. The first-order valence-electron chi connectivity index (χ1n) is 8.10. The molecule has 0 fully saturated rings. The van der Waals surface area contributed by atoms with Crippen molar-refractivity contribution in [2.75, 3.05) is 7.11 Å². The quantitative estimate of drug-likeness (QED) is 0.636. The van der Waals surface area contributed by atoms with Crippen LogP contribution in [0.3, 0.4) is 0 Å². The Morgan fingerprint density at radius 1 is 1.08 bits per heavy atom. The van der Waals surface area contributed by atoms with Crippen LogP contribution in [0.2, 0.25) is 0 Å². The van der Waals surface area contributed by atoms with Gasteiger partial charge < -0.3 is 9.47 Å². The molecule has 0 spiro atoms. The van der Waals surface area contributed by atoms with Crippen molar-refractivity contribution in [3.63, 3.8) is 0 Å². The summed E-state index contributed by atoms with van der Waals surface area (Å²) in [6.45, 7) is 1.89. The summed E-state index contributed by atoms with van der Waals surface area (Å²) in [6.07, 6.45) is 0.788. The predicted molar refractivity (Wildman–Crippen MR) is 95.6 cm³/mol. The van der Waals surface area contributed by atoms with Crippen LogP contribution in [0.1, 0.15) is 33.3 Å². The number of hydrogen-bond donors (Lipinski definition) is 0. The molecule has 0 N–H and O–H groups in total. The van der Waals surface area contributed by atoms with Gasteiger partial charge in [-0.25, -0.2) is 9.18 Å². The Balaban J connectivity index is 1.94. The number of nitrogens with zero attached hydrogens (tertiary/aromatic N) is 1. The smallest absolute Gasteiger partial charge is 0.339 e. The van der Waals surface area contributed by atoms with Gasteiger partial charge in [0.25, 0.3) is 0 Å². The van der Waals surface area contributed by atoms with Gasteiger partial charge in [-0.2, -0.15) is 0 Å². The van der Waals surface area contributed by atoms with E-state index in [1.165, 1.54) is 12.1 Å². The molecule has 0 radical (unpaired) electrons. The third kappa shape index (κ3) is 3.88. The maximum absolute atomic E-state index is 13.7. The molecule has 132 valence electrons. The molecular weight excluding hydrogens is 333 g/mol. The lowest BCUT2D eigenvalue weighted by atomic mass is 10.1. The second-order valence-electron chi connectivity index (χ2n) is 5.78. The van der Waals surface area contributed by atoms with Crippen LogP contribution >= 0.6 is 0 Å². The Hall–Kier alpha value is -3.21. The maximum Gasteiger partial charge on any atom is 0.339 e. The second-order valence-corrected chi connectivity index (χ2v) is 5.78. The van der Waals surface area contributed by atoms with Crippen LogP contribution in [0.15, 0.2) is 66.9 Å². The molecule has 0 bridgehead atoms. The minimum atomic E-state index is -0.813. The number of pyridine rings is 1. The van der Waals surface area contributed by atoms with Gasteiger partial charge >= 0.3 is 5.97 Å². The minimum Gasteiger partial charge on any atom is -0.496 e. The number of hydrogen-bond acceptors (Lipinski definition) is 4. The van der Waals surface area contributed by atoms with Crippen molar-refractivity contribution in [2.24, 2.45) is 0 Å².